The fourth-order valence-electron chi connectivity index (χ4n) is 3.95. The first-order valence-corrected chi connectivity index (χ1v) is 9.57. The molecule has 1 aliphatic heterocycles. The van der Waals surface area contributed by atoms with E-state index in [0.717, 1.165) is 24.8 Å². The van der Waals surface area contributed by atoms with E-state index in [9.17, 15) is 9.90 Å². The maximum Gasteiger partial charge on any atom is 0.259 e. The number of aromatic nitrogens is 1. The van der Waals surface area contributed by atoms with Gasteiger partial charge in [-0.2, -0.15) is 0 Å². The number of ether oxygens (including phenoxy) is 1. The lowest BCUT2D eigenvalue weighted by Crippen LogP contribution is -2.41. The van der Waals surface area contributed by atoms with Gasteiger partial charge in [0.25, 0.3) is 5.91 Å². The van der Waals surface area contributed by atoms with Gasteiger partial charge in [-0.1, -0.05) is 41.9 Å². The summed E-state index contributed by atoms with van der Waals surface area (Å²) in [6.45, 7) is 2.64. The third-order valence-corrected chi connectivity index (χ3v) is 5.46. The van der Waals surface area contributed by atoms with Crippen LogP contribution < -0.4 is 10.2 Å². The lowest BCUT2D eigenvalue weighted by Gasteiger charge is -2.27. The Bertz CT molecular complexity index is 771. The molecule has 0 bridgehead atoms. The van der Waals surface area contributed by atoms with Crippen LogP contribution in [0.4, 0.5) is 5.82 Å². The molecule has 1 saturated heterocycles. The molecule has 1 aromatic carbocycles. The van der Waals surface area contributed by atoms with E-state index in [1.807, 2.05) is 35.2 Å². The number of rotatable bonds is 5. The van der Waals surface area contributed by atoms with E-state index in [0.29, 0.717) is 43.4 Å². The summed E-state index contributed by atoms with van der Waals surface area (Å²) < 4.78 is 11.1. The van der Waals surface area contributed by atoms with E-state index >= 15 is 0 Å². The predicted molar refractivity (Wildman–Crippen MR) is 101 cm³/mol. The van der Waals surface area contributed by atoms with Gasteiger partial charge in [-0.15, -0.1) is 0 Å². The zero-order chi connectivity index (χ0) is 18.6. The maximum atomic E-state index is 13.2. The molecule has 1 aromatic heterocycles. The Morgan fingerprint density at radius 1 is 1.22 bits per heavy atom. The average Bonchev–Trinajstić information content (AvgIpc) is 3.36. The molecule has 0 spiro atoms. The molecule has 144 valence electrons. The number of nitrogens with zero attached hydrogens (tertiary/aromatic N) is 2. The largest absolute Gasteiger partial charge is 0.396 e. The van der Waals surface area contributed by atoms with Gasteiger partial charge < -0.3 is 24.6 Å². The van der Waals surface area contributed by atoms with Crippen molar-refractivity contribution in [1.29, 1.82) is 0 Å². The van der Waals surface area contributed by atoms with E-state index < -0.39 is 0 Å². The highest BCUT2D eigenvalue weighted by molar-refractivity contribution is 6.04. The minimum atomic E-state index is -0.193. The summed E-state index contributed by atoms with van der Waals surface area (Å²) in [4.78, 5) is 15.3. The zero-order valence-electron chi connectivity index (χ0n) is 15.3. The number of aliphatic hydroxyl groups excluding tert-OH is 1. The third-order valence-electron chi connectivity index (χ3n) is 5.46. The van der Waals surface area contributed by atoms with E-state index in [2.05, 4.69) is 10.5 Å². The van der Waals surface area contributed by atoms with Gasteiger partial charge in [0, 0.05) is 37.2 Å². The second-order valence-corrected chi connectivity index (χ2v) is 7.13. The number of hydrogen-bond donors (Lipinski definition) is 2. The molecule has 1 amide bonds. The number of anilines is 1. The molecule has 1 saturated carbocycles. The van der Waals surface area contributed by atoms with Gasteiger partial charge in [0.2, 0.25) is 0 Å². The smallest absolute Gasteiger partial charge is 0.259 e. The highest BCUT2D eigenvalue weighted by Crippen LogP contribution is 2.33. The molecule has 4 rings (SSSR count). The SMILES string of the molecule is O=C(N[C@H]1CCC[C@H]1CO)c1c(N2CCOCC2)noc1-c1ccccc1. The van der Waals surface area contributed by atoms with Crippen LogP contribution in [0, 0.1) is 5.92 Å². The van der Waals surface area contributed by atoms with Crippen LogP contribution in [-0.2, 0) is 4.74 Å². The standard InChI is InChI=1S/C20H25N3O4/c24-13-15-7-4-8-16(15)21-20(25)17-18(14-5-2-1-3-6-14)27-22-19(17)23-9-11-26-12-10-23/h1-3,5-6,15-16,24H,4,7-13H2,(H,21,25)/t15-,16-/m0/s1. The minimum absolute atomic E-state index is 0.0152. The molecular weight excluding hydrogens is 346 g/mol. The zero-order valence-corrected chi connectivity index (χ0v) is 15.3. The van der Waals surface area contributed by atoms with Crippen molar-refractivity contribution in [2.75, 3.05) is 37.8 Å². The van der Waals surface area contributed by atoms with Crippen LogP contribution in [0.3, 0.4) is 0 Å². The van der Waals surface area contributed by atoms with E-state index in [-0.39, 0.29) is 24.5 Å². The first kappa shape index (κ1) is 18.0. The molecule has 2 atom stereocenters. The number of nitrogens with one attached hydrogen (secondary N) is 1. The molecule has 1 aliphatic carbocycles. The number of amides is 1. The van der Waals surface area contributed by atoms with Crippen LogP contribution >= 0.6 is 0 Å². The average molecular weight is 371 g/mol. The Labute approximate surface area is 158 Å². The van der Waals surface area contributed by atoms with Crippen molar-refractivity contribution in [2.24, 2.45) is 5.92 Å². The summed E-state index contributed by atoms with van der Waals surface area (Å²) in [5.41, 5.74) is 1.28. The highest BCUT2D eigenvalue weighted by Gasteiger charge is 2.33. The molecule has 2 aromatic rings. The van der Waals surface area contributed by atoms with Crippen LogP contribution in [0.15, 0.2) is 34.9 Å². The van der Waals surface area contributed by atoms with Gasteiger partial charge in [-0.05, 0) is 12.8 Å². The number of carbonyl (C=O) groups excluding carboxylic acids is 1. The topological polar surface area (TPSA) is 87.8 Å². The molecular formula is C20H25N3O4. The number of hydrogen-bond acceptors (Lipinski definition) is 6. The summed E-state index contributed by atoms with van der Waals surface area (Å²) in [5, 5.41) is 16.9. The molecule has 7 heteroatoms. The minimum Gasteiger partial charge on any atom is -0.396 e. The Morgan fingerprint density at radius 3 is 2.74 bits per heavy atom. The molecule has 2 N–H and O–H groups in total. The highest BCUT2D eigenvalue weighted by atomic mass is 16.5. The van der Waals surface area contributed by atoms with Crippen molar-refractivity contribution < 1.29 is 19.2 Å². The van der Waals surface area contributed by atoms with Crippen molar-refractivity contribution in [3.8, 4) is 11.3 Å². The van der Waals surface area contributed by atoms with E-state index in [1.54, 1.807) is 0 Å². The van der Waals surface area contributed by atoms with Gasteiger partial charge >= 0.3 is 0 Å². The van der Waals surface area contributed by atoms with Gasteiger partial charge in [-0.25, -0.2) is 0 Å². The molecule has 2 fully saturated rings. The van der Waals surface area contributed by atoms with E-state index in [1.165, 1.54) is 0 Å². The number of aliphatic hydroxyl groups is 1. The van der Waals surface area contributed by atoms with Crippen molar-refractivity contribution >= 4 is 11.7 Å². The fraction of sp³-hybridized carbons (Fsp3) is 0.500. The van der Waals surface area contributed by atoms with Crippen LogP contribution in [0.1, 0.15) is 29.6 Å². The summed E-state index contributed by atoms with van der Waals surface area (Å²) in [6, 6.07) is 9.55. The second kappa shape index (κ2) is 8.10. The second-order valence-electron chi connectivity index (χ2n) is 7.13. The van der Waals surface area contributed by atoms with Gasteiger partial charge in [0.1, 0.15) is 5.56 Å². The molecule has 0 radical (unpaired) electrons. The molecule has 0 unspecified atom stereocenters. The van der Waals surface area contributed by atoms with Crippen molar-refractivity contribution in [3.63, 3.8) is 0 Å². The summed E-state index contributed by atoms with van der Waals surface area (Å²) >= 11 is 0. The van der Waals surface area contributed by atoms with Crippen LogP contribution in [-0.4, -0.2) is 55.1 Å². The molecule has 7 nitrogen and oxygen atoms in total. The summed E-state index contributed by atoms with van der Waals surface area (Å²) in [6.07, 6.45) is 2.84. The van der Waals surface area contributed by atoms with Gasteiger partial charge in [-0.3, -0.25) is 4.79 Å². The predicted octanol–water partition coefficient (Wildman–Crippen LogP) is 2.07. The van der Waals surface area contributed by atoms with E-state index in [4.69, 9.17) is 9.26 Å². The van der Waals surface area contributed by atoms with Gasteiger partial charge in [0.15, 0.2) is 11.6 Å². The third kappa shape index (κ3) is 3.70. The summed E-state index contributed by atoms with van der Waals surface area (Å²) in [7, 11) is 0. The molecule has 2 heterocycles. The number of benzene rings is 1. The lowest BCUT2D eigenvalue weighted by molar-refractivity contribution is 0.0915. The van der Waals surface area contributed by atoms with Crippen molar-refractivity contribution in [2.45, 2.75) is 25.3 Å². The maximum absolute atomic E-state index is 13.2. The number of carbonyl (C=O) groups is 1. The fourth-order valence-corrected chi connectivity index (χ4v) is 3.95. The monoisotopic (exact) mass is 371 g/mol. The summed E-state index contributed by atoms with van der Waals surface area (Å²) in [5.74, 6) is 0.962. The molecule has 2 aliphatic rings. The quantitative estimate of drug-likeness (QED) is 0.837. The Morgan fingerprint density at radius 2 is 2.00 bits per heavy atom. The van der Waals surface area contributed by atoms with Crippen molar-refractivity contribution in [3.05, 3.63) is 35.9 Å². The van der Waals surface area contributed by atoms with Crippen molar-refractivity contribution in [1.82, 2.24) is 10.5 Å². The van der Waals surface area contributed by atoms with Crippen LogP contribution in [0.5, 0.6) is 0 Å². The normalized spacial score (nSPS) is 22.8. The lowest BCUT2D eigenvalue weighted by atomic mass is 10.0. The van der Waals surface area contributed by atoms with Crippen LogP contribution in [0.25, 0.3) is 11.3 Å². The first-order valence-electron chi connectivity index (χ1n) is 9.57. The van der Waals surface area contributed by atoms with Gasteiger partial charge in [0.05, 0.1) is 13.2 Å². The molecule has 27 heavy (non-hydrogen) atoms. The number of morpholine rings is 1. The van der Waals surface area contributed by atoms with Crippen LogP contribution in [0.2, 0.25) is 0 Å². The Balaban J connectivity index is 1.67. The first-order chi connectivity index (χ1) is 13.3. The Kier molecular flexibility index (Phi) is 5.40. The Hall–Kier alpha value is -2.38.